The summed E-state index contributed by atoms with van der Waals surface area (Å²) < 4.78 is 27.1. The summed E-state index contributed by atoms with van der Waals surface area (Å²) >= 11 is 0. The van der Waals surface area contributed by atoms with Crippen LogP contribution >= 0.6 is 0 Å². The van der Waals surface area contributed by atoms with Crippen molar-refractivity contribution in [1.82, 2.24) is 14.7 Å². The molecule has 0 bridgehead atoms. The largest absolute Gasteiger partial charge is 0.360 e. The molecule has 21 heavy (non-hydrogen) atoms. The van der Waals surface area contributed by atoms with Crippen LogP contribution in [0.25, 0.3) is 0 Å². The van der Waals surface area contributed by atoms with Crippen molar-refractivity contribution in [3.63, 3.8) is 0 Å². The predicted molar refractivity (Wildman–Crippen MR) is 79.7 cm³/mol. The molecule has 0 aromatic carbocycles. The van der Waals surface area contributed by atoms with Gasteiger partial charge in [0.2, 0.25) is 0 Å². The first-order chi connectivity index (χ1) is 9.86. The van der Waals surface area contributed by atoms with Crippen molar-refractivity contribution in [3.05, 3.63) is 12.0 Å². The van der Waals surface area contributed by atoms with E-state index in [4.69, 9.17) is 0 Å². The van der Waals surface area contributed by atoms with E-state index in [-0.39, 0.29) is 6.42 Å². The summed E-state index contributed by atoms with van der Waals surface area (Å²) in [5.74, 6) is -1.32. The third-order valence-electron chi connectivity index (χ3n) is 5.36. The molecule has 1 saturated carbocycles. The van der Waals surface area contributed by atoms with Gasteiger partial charge in [0.05, 0.1) is 12.1 Å². The first-order valence-corrected chi connectivity index (χ1v) is 8.18. The molecule has 0 aromatic rings. The zero-order chi connectivity index (χ0) is 15.3. The number of likely N-dealkylation sites (tertiary alicyclic amines) is 1. The van der Waals surface area contributed by atoms with Crippen LogP contribution in [0, 0.1) is 5.41 Å². The Morgan fingerprint density at radius 1 is 1.33 bits per heavy atom. The molecule has 0 N–H and O–H groups in total. The van der Waals surface area contributed by atoms with Crippen LogP contribution in [0.15, 0.2) is 12.0 Å². The quantitative estimate of drug-likeness (QED) is 0.788. The number of halogens is 2. The van der Waals surface area contributed by atoms with Gasteiger partial charge in [-0.15, -0.1) is 0 Å². The van der Waals surface area contributed by atoms with Crippen LogP contribution < -0.4 is 0 Å². The molecule has 3 rings (SSSR count). The normalized spacial score (nSPS) is 35.2. The number of rotatable bonds is 4. The number of piperidine rings is 1. The van der Waals surface area contributed by atoms with Crippen LogP contribution in [0.2, 0.25) is 0 Å². The Morgan fingerprint density at radius 3 is 2.67 bits per heavy atom. The van der Waals surface area contributed by atoms with Gasteiger partial charge >= 0.3 is 0 Å². The van der Waals surface area contributed by atoms with Crippen LogP contribution in [0.4, 0.5) is 8.78 Å². The van der Waals surface area contributed by atoms with E-state index in [1.165, 1.54) is 19.3 Å². The highest BCUT2D eigenvalue weighted by molar-refractivity contribution is 5.14. The lowest BCUT2D eigenvalue weighted by molar-refractivity contribution is 0.0467. The van der Waals surface area contributed by atoms with Crippen molar-refractivity contribution in [2.45, 2.75) is 57.9 Å². The van der Waals surface area contributed by atoms with Crippen LogP contribution in [-0.4, -0.2) is 53.5 Å². The molecule has 2 atom stereocenters. The second kappa shape index (κ2) is 5.03. The Balaban J connectivity index is 1.74. The van der Waals surface area contributed by atoms with Crippen molar-refractivity contribution < 1.29 is 8.78 Å². The molecule has 0 radical (unpaired) electrons. The smallest absolute Gasteiger partial charge is 0.256 e. The first-order valence-electron chi connectivity index (χ1n) is 8.18. The topological polar surface area (TPSA) is 9.72 Å². The number of hydrogen-bond donors (Lipinski definition) is 0. The Bertz CT molecular complexity index is 437. The van der Waals surface area contributed by atoms with E-state index in [1.807, 2.05) is 7.05 Å². The minimum atomic E-state index is -2.48. The van der Waals surface area contributed by atoms with Crippen molar-refractivity contribution in [2.75, 3.05) is 26.8 Å². The Kier molecular flexibility index (Phi) is 3.57. The van der Waals surface area contributed by atoms with E-state index in [2.05, 4.69) is 27.8 Å². The van der Waals surface area contributed by atoms with Gasteiger partial charge in [0, 0.05) is 38.8 Å². The molecule has 1 saturated heterocycles. The molecule has 2 heterocycles. The van der Waals surface area contributed by atoms with Gasteiger partial charge in [-0.05, 0) is 25.7 Å². The van der Waals surface area contributed by atoms with E-state index in [9.17, 15) is 8.78 Å². The highest BCUT2D eigenvalue weighted by atomic mass is 19.3. The van der Waals surface area contributed by atoms with Gasteiger partial charge in [-0.1, -0.05) is 13.8 Å². The summed E-state index contributed by atoms with van der Waals surface area (Å²) in [6.45, 7) is 6.19. The molecule has 2 aliphatic heterocycles. The van der Waals surface area contributed by atoms with E-state index in [0.29, 0.717) is 12.6 Å². The maximum absolute atomic E-state index is 13.6. The van der Waals surface area contributed by atoms with Crippen LogP contribution in [0.3, 0.4) is 0 Å². The lowest BCUT2D eigenvalue weighted by Crippen LogP contribution is -2.44. The molecule has 0 spiro atoms. The molecular weight excluding hydrogens is 272 g/mol. The van der Waals surface area contributed by atoms with Gasteiger partial charge in [0.15, 0.2) is 0 Å². The summed E-state index contributed by atoms with van der Waals surface area (Å²) in [5.41, 5.74) is -0.839. The van der Waals surface area contributed by atoms with Crippen LogP contribution in [-0.2, 0) is 0 Å². The molecule has 3 nitrogen and oxygen atoms in total. The van der Waals surface area contributed by atoms with Crippen LogP contribution in [0.1, 0.15) is 46.0 Å². The van der Waals surface area contributed by atoms with Crippen molar-refractivity contribution in [2.24, 2.45) is 5.41 Å². The first kappa shape index (κ1) is 14.9. The zero-order valence-electron chi connectivity index (χ0n) is 13.4. The fourth-order valence-electron chi connectivity index (χ4n) is 3.81. The highest BCUT2D eigenvalue weighted by Gasteiger charge is 2.68. The zero-order valence-corrected chi connectivity index (χ0v) is 13.4. The molecule has 0 amide bonds. The average molecular weight is 299 g/mol. The molecule has 2 unspecified atom stereocenters. The molecule has 120 valence electrons. The molecule has 3 aliphatic rings. The summed E-state index contributed by atoms with van der Waals surface area (Å²) in [6, 6.07) is 0.562. The minimum Gasteiger partial charge on any atom is -0.360 e. The third kappa shape index (κ3) is 2.59. The van der Waals surface area contributed by atoms with E-state index < -0.39 is 11.3 Å². The summed E-state index contributed by atoms with van der Waals surface area (Å²) in [4.78, 5) is 6.73. The summed E-state index contributed by atoms with van der Waals surface area (Å²) in [5, 5.41) is 0. The lowest BCUT2D eigenvalue weighted by atomic mass is 10.00. The van der Waals surface area contributed by atoms with Gasteiger partial charge in [-0.2, -0.15) is 0 Å². The molecular formula is C16H27F2N3. The SMILES string of the molecule is CCC1CCCCN1C1=CN(C)CN1CC1(C)CC1(F)F. The summed E-state index contributed by atoms with van der Waals surface area (Å²) in [6.07, 6.45) is 7.01. The third-order valence-corrected chi connectivity index (χ3v) is 5.36. The van der Waals surface area contributed by atoms with E-state index >= 15 is 0 Å². The number of hydrogen-bond acceptors (Lipinski definition) is 3. The standard InChI is InChI=1S/C16H27F2N3/c1-4-13-7-5-6-8-21(13)14-9-19(3)12-20(14)11-15(2)10-16(15,17)18/h9,13H,4-8,10-12H2,1-3H3. The fraction of sp³-hybridized carbons (Fsp3) is 0.875. The fourth-order valence-corrected chi connectivity index (χ4v) is 3.81. The molecule has 0 aromatic heterocycles. The minimum absolute atomic E-state index is 0.0324. The van der Waals surface area contributed by atoms with E-state index in [1.54, 1.807) is 6.92 Å². The van der Waals surface area contributed by atoms with Gasteiger partial charge in [-0.3, -0.25) is 0 Å². The second-order valence-electron chi connectivity index (χ2n) is 7.28. The van der Waals surface area contributed by atoms with Crippen LogP contribution in [0.5, 0.6) is 0 Å². The molecule has 2 fully saturated rings. The summed E-state index contributed by atoms with van der Waals surface area (Å²) in [7, 11) is 2.03. The predicted octanol–water partition coefficient (Wildman–Crippen LogP) is 3.30. The van der Waals surface area contributed by atoms with Gasteiger partial charge in [0.1, 0.15) is 5.82 Å². The Labute approximate surface area is 126 Å². The number of nitrogens with zero attached hydrogens (tertiary/aromatic N) is 3. The van der Waals surface area contributed by atoms with Gasteiger partial charge in [0.25, 0.3) is 5.92 Å². The Hall–Kier alpha value is -1.00. The highest BCUT2D eigenvalue weighted by Crippen LogP contribution is 2.60. The van der Waals surface area contributed by atoms with Crippen molar-refractivity contribution in [3.8, 4) is 0 Å². The van der Waals surface area contributed by atoms with Gasteiger partial charge < -0.3 is 14.7 Å². The molecule has 5 heteroatoms. The second-order valence-corrected chi connectivity index (χ2v) is 7.28. The van der Waals surface area contributed by atoms with Gasteiger partial charge in [-0.25, -0.2) is 8.78 Å². The van der Waals surface area contributed by atoms with Crippen molar-refractivity contribution >= 4 is 0 Å². The number of alkyl halides is 2. The monoisotopic (exact) mass is 299 g/mol. The Morgan fingerprint density at radius 2 is 2.05 bits per heavy atom. The molecule has 1 aliphatic carbocycles. The maximum Gasteiger partial charge on any atom is 0.256 e. The maximum atomic E-state index is 13.6. The lowest BCUT2D eigenvalue weighted by Gasteiger charge is -2.41. The van der Waals surface area contributed by atoms with Crippen molar-refractivity contribution in [1.29, 1.82) is 0 Å². The van der Waals surface area contributed by atoms with E-state index in [0.717, 1.165) is 25.5 Å². The average Bonchev–Trinajstić information content (AvgIpc) is 2.75.